The fourth-order valence-electron chi connectivity index (χ4n) is 4.79. The van der Waals surface area contributed by atoms with Gasteiger partial charge in [-0.2, -0.15) is 0 Å². The van der Waals surface area contributed by atoms with Gasteiger partial charge in [-0.1, -0.05) is 6.42 Å². The Morgan fingerprint density at radius 2 is 1.89 bits per heavy atom. The quantitative estimate of drug-likeness (QED) is 0.683. The maximum Gasteiger partial charge on any atom is 0.212 e. The summed E-state index contributed by atoms with van der Waals surface area (Å²) in [5, 5.41) is 3.45. The summed E-state index contributed by atoms with van der Waals surface area (Å²) in [6.07, 6.45) is 14.7. The fraction of sp³-hybridized carbons (Fsp3) is 0.524. The Hall–Kier alpha value is -1.99. The van der Waals surface area contributed by atoms with Gasteiger partial charge >= 0.3 is 0 Å². The number of fused-ring (bicyclic) bond motifs is 3. The topological polar surface area (TPSA) is 87.7 Å². The summed E-state index contributed by atoms with van der Waals surface area (Å²) < 4.78 is 27.7. The lowest BCUT2D eigenvalue weighted by molar-refractivity contribution is 0.343. The molecule has 0 unspecified atom stereocenters. The standard InChI is InChI=1S/C21H26N4O2S/c26-28(27,25-17-2-1-3-17)13-14-4-6-15(7-5-14)19-12-22-10-16-11-24-21-18(20(16)19)8-9-23-21/h8-12,14-15,17,25H,1-7,13H2,(H,23,24). The second kappa shape index (κ2) is 7.12. The number of rotatable bonds is 5. The van der Waals surface area contributed by atoms with Gasteiger partial charge in [0.1, 0.15) is 5.65 Å². The smallest absolute Gasteiger partial charge is 0.212 e. The molecule has 148 valence electrons. The molecule has 0 atom stereocenters. The van der Waals surface area contributed by atoms with Gasteiger partial charge in [0.15, 0.2) is 0 Å². The Morgan fingerprint density at radius 1 is 1.07 bits per heavy atom. The minimum Gasteiger partial charge on any atom is -0.346 e. The van der Waals surface area contributed by atoms with Crippen LogP contribution in [0.3, 0.4) is 0 Å². The van der Waals surface area contributed by atoms with Gasteiger partial charge in [-0.15, -0.1) is 0 Å². The first-order chi connectivity index (χ1) is 13.6. The van der Waals surface area contributed by atoms with E-state index < -0.39 is 10.0 Å². The maximum absolute atomic E-state index is 12.4. The van der Waals surface area contributed by atoms with Gasteiger partial charge in [0, 0.05) is 47.0 Å². The second-order valence-corrected chi connectivity index (χ2v) is 10.2. The van der Waals surface area contributed by atoms with E-state index in [4.69, 9.17) is 0 Å². The van der Waals surface area contributed by atoms with Gasteiger partial charge in [0.2, 0.25) is 10.0 Å². The number of hydrogen-bond acceptors (Lipinski definition) is 4. The Balaban J connectivity index is 1.32. The summed E-state index contributed by atoms with van der Waals surface area (Å²) in [7, 11) is -3.15. The second-order valence-electron chi connectivity index (χ2n) is 8.44. The normalized spacial score (nSPS) is 23.9. The summed E-state index contributed by atoms with van der Waals surface area (Å²) >= 11 is 0. The average Bonchev–Trinajstić information content (AvgIpc) is 3.14. The Labute approximate surface area is 165 Å². The summed E-state index contributed by atoms with van der Waals surface area (Å²) in [5.41, 5.74) is 2.18. The number of aromatic nitrogens is 3. The molecule has 2 saturated carbocycles. The zero-order valence-electron chi connectivity index (χ0n) is 15.9. The highest BCUT2D eigenvalue weighted by molar-refractivity contribution is 7.89. The minimum absolute atomic E-state index is 0.181. The number of sulfonamides is 1. The van der Waals surface area contributed by atoms with Crippen molar-refractivity contribution in [3.8, 4) is 0 Å². The summed E-state index contributed by atoms with van der Waals surface area (Å²) in [6, 6.07) is 2.26. The highest BCUT2D eigenvalue weighted by Gasteiger charge is 2.30. The van der Waals surface area contributed by atoms with Gasteiger partial charge in [0.25, 0.3) is 0 Å². The van der Waals surface area contributed by atoms with Crippen molar-refractivity contribution < 1.29 is 8.42 Å². The molecular formula is C21H26N4O2S. The van der Waals surface area contributed by atoms with Crippen LogP contribution in [0.4, 0.5) is 0 Å². The van der Waals surface area contributed by atoms with E-state index in [0.717, 1.165) is 61.4 Å². The van der Waals surface area contributed by atoms with Crippen LogP contribution < -0.4 is 4.72 Å². The molecule has 3 heterocycles. The molecule has 2 aliphatic rings. The van der Waals surface area contributed by atoms with E-state index in [1.54, 1.807) is 0 Å². The Kier molecular flexibility index (Phi) is 4.59. The number of nitrogens with one attached hydrogen (secondary N) is 2. The van der Waals surface area contributed by atoms with Crippen molar-refractivity contribution in [3.63, 3.8) is 0 Å². The molecule has 2 aliphatic carbocycles. The molecule has 0 amide bonds. The van der Waals surface area contributed by atoms with Crippen molar-refractivity contribution >= 4 is 31.8 Å². The molecule has 3 aromatic rings. The Morgan fingerprint density at radius 3 is 2.64 bits per heavy atom. The van der Waals surface area contributed by atoms with E-state index in [1.807, 2.05) is 24.8 Å². The monoisotopic (exact) mass is 398 g/mol. The van der Waals surface area contributed by atoms with E-state index in [0.29, 0.717) is 5.92 Å². The summed E-state index contributed by atoms with van der Waals surface area (Å²) in [5.74, 6) is 0.955. The minimum atomic E-state index is -3.15. The number of hydrogen-bond donors (Lipinski definition) is 2. The molecule has 0 spiro atoms. The van der Waals surface area contributed by atoms with Crippen molar-refractivity contribution in [2.75, 3.05) is 5.75 Å². The molecule has 0 saturated heterocycles. The SMILES string of the molecule is O=S(=O)(CC1CCC(c2cncc3cnc4[nH]ccc4c23)CC1)NC1CCC1. The zero-order valence-corrected chi connectivity index (χ0v) is 16.7. The predicted octanol–water partition coefficient (Wildman–Crippen LogP) is 3.86. The molecule has 6 nitrogen and oxygen atoms in total. The van der Waals surface area contributed by atoms with E-state index >= 15 is 0 Å². The lowest BCUT2D eigenvalue weighted by Crippen LogP contribution is -2.42. The Bertz CT molecular complexity index is 1100. The summed E-state index contributed by atoms with van der Waals surface area (Å²) in [4.78, 5) is 12.1. The van der Waals surface area contributed by atoms with Gasteiger partial charge < -0.3 is 4.98 Å². The third-order valence-corrected chi connectivity index (χ3v) is 8.13. The first-order valence-corrected chi connectivity index (χ1v) is 11.9. The summed E-state index contributed by atoms with van der Waals surface area (Å²) in [6.45, 7) is 0. The molecule has 0 bridgehead atoms. The first kappa shape index (κ1) is 18.1. The number of H-pyrrole nitrogens is 1. The first-order valence-electron chi connectivity index (χ1n) is 10.3. The molecule has 2 N–H and O–H groups in total. The van der Waals surface area contributed by atoms with Crippen LogP contribution in [0.15, 0.2) is 30.9 Å². The fourth-order valence-corrected chi connectivity index (χ4v) is 6.59. The molecule has 0 aromatic carbocycles. The van der Waals surface area contributed by atoms with Gasteiger partial charge in [-0.05, 0) is 62.0 Å². The van der Waals surface area contributed by atoms with Gasteiger partial charge in [-0.25, -0.2) is 18.1 Å². The van der Waals surface area contributed by atoms with Crippen LogP contribution in [-0.4, -0.2) is 35.2 Å². The predicted molar refractivity (Wildman–Crippen MR) is 111 cm³/mol. The van der Waals surface area contributed by atoms with Crippen LogP contribution in [0.2, 0.25) is 0 Å². The van der Waals surface area contributed by atoms with Crippen LogP contribution in [-0.2, 0) is 10.0 Å². The number of aromatic amines is 1. The van der Waals surface area contributed by atoms with Crippen molar-refractivity contribution in [2.24, 2.45) is 5.92 Å². The lowest BCUT2D eigenvalue weighted by Gasteiger charge is -2.31. The van der Waals surface area contributed by atoms with Crippen molar-refractivity contribution in [1.29, 1.82) is 0 Å². The third-order valence-electron chi connectivity index (χ3n) is 6.52. The van der Waals surface area contributed by atoms with Crippen LogP contribution >= 0.6 is 0 Å². The molecule has 28 heavy (non-hydrogen) atoms. The van der Waals surface area contributed by atoms with E-state index in [9.17, 15) is 8.42 Å². The van der Waals surface area contributed by atoms with Gasteiger partial charge in [0.05, 0.1) is 5.75 Å². The van der Waals surface area contributed by atoms with Crippen LogP contribution in [0, 0.1) is 5.92 Å². The van der Waals surface area contributed by atoms with Crippen LogP contribution in [0.5, 0.6) is 0 Å². The van der Waals surface area contributed by atoms with Crippen molar-refractivity contribution in [1.82, 2.24) is 19.7 Å². The maximum atomic E-state index is 12.4. The largest absolute Gasteiger partial charge is 0.346 e. The molecule has 3 aromatic heterocycles. The number of nitrogens with zero attached hydrogens (tertiary/aromatic N) is 2. The van der Waals surface area contributed by atoms with E-state index in [-0.39, 0.29) is 17.7 Å². The molecule has 0 radical (unpaired) electrons. The molecule has 7 heteroatoms. The molecular weight excluding hydrogens is 372 g/mol. The number of pyridine rings is 2. The van der Waals surface area contributed by atoms with Crippen LogP contribution in [0.1, 0.15) is 56.4 Å². The molecule has 5 rings (SSSR count). The molecule has 2 fully saturated rings. The molecule has 0 aliphatic heterocycles. The van der Waals surface area contributed by atoms with Crippen molar-refractivity contribution in [3.05, 3.63) is 36.4 Å². The zero-order chi connectivity index (χ0) is 19.1. The lowest BCUT2D eigenvalue weighted by atomic mass is 9.78. The highest BCUT2D eigenvalue weighted by Crippen LogP contribution is 2.40. The average molecular weight is 399 g/mol. The third kappa shape index (κ3) is 3.42. The van der Waals surface area contributed by atoms with Crippen LogP contribution in [0.25, 0.3) is 21.8 Å². The van der Waals surface area contributed by atoms with Crippen molar-refractivity contribution in [2.45, 2.75) is 56.9 Å². The van der Waals surface area contributed by atoms with Gasteiger partial charge in [-0.3, -0.25) is 4.98 Å². The van der Waals surface area contributed by atoms with E-state index in [1.165, 1.54) is 10.9 Å². The van der Waals surface area contributed by atoms with E-state index in [2.05, 4.69) is 25.7 Å². The highest BCUT2D eigenvalue weighted by atomic mass is 32.2.